The molecule has 3 aromatic rings. The third kappa shape index (κ3) is 3.90. The number of fused-ring (bicyclic) bond motifs is 1. The first-order chi connectivity index (χ1) is 15.4. The summed E-state index contributed by atoms with van der Waals surface area (Å²) in [5.74, 6) is -1.57. The van der Waals surface area contributed by atoms with Gasteiger partial charge in [-0.1, -0.05) is 6.07 Å². The SMILES string of the molecule is CCN(CC)c1ccc2cc(C(=O)Nc3cccc(N4C(=O)C=CC4=O)c3)c(=O)oc2c1. The molecule has 1 aliphatic heterocycles. The summed E-state index contributed by atoms with van der Waals surface area (Å²) in [6.45, 7) is 5.71. The highest BCUT2D eigenvalue weighted by Gasteiger charge is 2.25. The number of benzene rings is 2. The minimum Gasteiger partial charge on any atom is -0.422 e. The summed E-state index contributed by atoms with van der Waals surface area (Å²) in [6.07, 6.45) is 2.36. The lowest BCUT2D eigenvalue weighted by atomic mass is 10.1. The van der Waals surface area contributed by atoms with Gasteiger partial charge in [-0.25, -0.2) is 9.69 Å². The number of hydrogen-bond acceptors (Lipinski definition) is 6. The molecule has 0 aliphatic carbocycles. The maximum absolute atomic E-state index is 12.8. The van der Waals surface area contributed by atoms with Gasteiger partial charge in [0, 0.05) is 48.1 Å². The second-order valence-corrected chi connectivity index (χ2v) is 7.19. The van der Waals surface area contributed by atoms with Gasteiger partial charge in [0.1, 0.15) is 11.1 Å². The smallest absolute Gasteiger partial charge is 0.349 e. The maximum atomic E-state index is 12.8. The van der Waals surface area contributed by atoms with Gasteiger partial charge in [-0.15, -0.1) is 0 Å². The van der Waals surface area contributed by atoms with Crippen molar-refractivity contribution in [2.45, 2.75) is 13.8 Å². The predicted molar refractivity (Wildman–Crippen MR) is 122 cm³/mol. The van der Waals surface area contributed by atoms with Gasteiger partial charge in [-0.05, 0) is 50.2 Å². The molecule has 8 nitrogen and oxygen atoms in total. The van der Waals surface area contributed by atoms with E-state index in [0.29, 0.717) is 22.3 Å². The maximum Gasteiger partial charge on any atom is 0.349 e. The molecule has 0 saturated heterocycles. The van der Waals surface area contributed by atoms with Crippen molar-refractivity contribution >= 4 is 45.8 Å². The van der Waals surface area contributed by atoms with Gasteiger partial charge in [-0.2, -0.15) is 0 Å². The number of nitrogens with one attached hydrogen (secondary N) is 1. The summed E-state index contributed by atoms with van der Waals surface area (Å²) in [7, 11) is 0. The van der Waals surface area contributed by atoms with Crippen LogP contribution in [0.2, 0.25) is 0 Å². The van der Waals surface area contributed by atoms with E-state index in [0.717, 1.165) is 23.7 Å². The fourth-order valence-corrected chi connectivity index (χ4v) is 3.62. The van der Waals surface area contributed by atoms with E-state index in [2.05, 4.69) is 10.2 Å². The first-order valence-electron chi connectivity index (χ1n) is 10.2. The van der Waals surface area contributed by atoms with Gasteiger partial charge in [0.25, 0.3) is 17.7 Å². The summed E-state index contributed by atoms with van der Waals surface area (Å²) in [5, 5.41) is 3.25. The topological polar surface area (TPSA) is 99.9 Å². The van der Waals surface area contributed by atoms with Crippen LogP contribution < -0.4 is 20.7 Å². The second-order valence-electron chi connectivity index (χ2n) is 7.19. The van der Waals surface area contributed by atoms with E-state index < -0.39 is 23.3 Å². The van der Waals surface area contributed by atoms with Crippen molar-refractivity contribution in [2.24, 2.45) is 0 Å². The number of imide groups is 1. The number of amides is 3. The Morgan fingerprint density at radius 3 is 2.38 bits per heavy atom. The molecule has 162 valence electrons. The summed E-state index contributed by atoms with van der Waals surface area (Å²) >= 11 is 0. The molecule has 0 saturated carbocycles. The molecule has 0 fully saturated rings. The molecule has 0 atom stereocenters. The van der Waals surface area contributed by atoms with Crippen LogP contribution in [-0.2, 0) is 9.59 Å². The average Bonchev–Trinajstić information content (AvgIpc) is 3.12. The molecular formula is C24H21N3O5. The fourth-order valence-electron chi connectivity index (χ4n) is 3.62. The Bertz CT molecular complexity index is 1300. The number of nitrogens with zero attached hydrogens (tertiary/aromatic N) is 2. The Morgan fingerprint density at radius 2 is 1.69 bits per heavy atom. The molecule has 0 unspecified atom stereocenters. The van der Waals surface area contributed by atoms with Gasteiger partial charge in [0.15, 0.2) is 0 Å². The van der Waals surface area contributed by atoms with Gasteiger partial charge in [0.2, 0.25) is 0 Å². The molecule has 4 rings (SSSR count). The Labute approximate surface area is 183 Å². The Morgan fingerprint density at radius 1 is 0.969 bits per heavy atom. The lowest BCUT2D eigenvalue weighted by Crippen LogP contribution is -2.29. The van der Waals surface area contributed by atoms with Gasteiger partial charge >= 0.3 is 5.63 Å². The molecule has 1 N–H and O–H groups in total. The molecule has 8 heteroatoms. The Kier molecular flexibility index (Phi) is 5.59. The fraction of sp³-hybridized carbons (Fsp3) is 0.167. The zero-order chi connectivity index (χ0) is 22.8. The van der Waals surface area contributed by atoms with E-state index in [1.54, 1.807) is 30.3 Å². The molecule has 2 aromatic carbocycles. The Balaban J connectivity index is 1.60. The highest BCUT2D eigenvalue weighted by Crippen LogP contribution is 2.24. The van der Waals surface area contributed by atoms with Gasteiger partial charge in [-0.3, -0.25) is 14.4 Å². The Hall–Kier alpha value is -4.20. The molecule has 3 amide bonds. The molecule has 1 aliphatic rings. The highest BCUT2D eigenvalue weighted by molar-refractivity contribution is 6.28. The van der Waals surface area contributed by atoms with Crippen molar-refractivity contribution < 1.29 is 18.8 Å². The van der Waals surface area contributed by atoms with Crippen LogP contribution in [-0.4, -0.2) is 30.8 Å². The number of anilines is 3. The van der Waals surface area contributed by atoms with Crippen LogP contribution in [0.3, 0.4) is 0 Å². The van der Waals surface area contributed by atoms with E-state index >= 15 is 0 Å². The van der Waals surface area contributed by atoms with Crippen molar-refractivity contribution in [1.82, 2.24) is 0 Å². The zero-order valence-electron chi connectivity index (χ0n) is 17.6. The van der Waals surface area contributed by atoms with E-state index in [4.69, 9.17) is 4.42 Å². The highest BCUT2D eigenvalue weighted by atomic mass is 16.4. The third-order valence-electron chi connectivity index (χ3n) is 5.26. The molecule has 0 radical (unpaired) electrons. The molecule has 0 bridgehead atoms. The molecule has 0 spiro atoms. The monoisotopic (exact) mass is 431 g/mol. The summed E-state index contributed by atoms with van der Waals surface area (Å²) in [4.78, 5) is 52.2. The quantitative estimate of drug-likeness (QED) is 0.475. The van der Waals surface area contributed by atoms with E-state index in [9.17, 15) is 19.2 Å². The van der Waals surface area contributed by atoms with Crippen LogP contribution in [0.25, 0.3) is 11.0 Å². The van der Waals surface area contributed by atoms with Crippen molar-refractivity contribution in [3.63, 3.8) is 0 Å². The standard InChI is InChI=1S/C24H21N3O5/c1-3-26(4-2)17-9-8-15-12-19(24(31)32-20(15)14-17)23(30)25-16-6-5-7-18(13-16)27-21(28)10-11-22(27)29/h5-14H,3-4H2,1-2H3,(H,25,30). The van der Waals surface area contributed by atoms with E-state index in [1.165, 1.54) is 24.3 Å². The van der Waals surface area contributed by atoms with E-state index in [1.807, 2.05) is 19.9 Å². The second kappa shape index (κ2) is 8.50. The first-order valence-corrected chi connectivity index (χ1v) is 10.2. The molecular weight excluding hydrogens is 410 g/mol. The third-order valence-corrected chi connectivity index (χ3v) is 5.26. The van der Waals surface area contributed by atoms with Crippen molar-refractivity contribution in [2.75, 3.05) is 28.2 Å². The van der Waals surface area contributed by atoms with Crippen LogP contribution in [0.15, 0.2) is 69.9 Å². The minimum absolute atomic E-state index is 0.145. The number of hydrogen-bond donors (Lipinski definition) is 1. The van der Waals surface area contributed by atoms with Crippen molar-refractivity contribution in [3.8, 4) is 0 Å². The molecule has 2 heterocycles. The van der Waals surface area contributed by atoms with Gasteiger partial charge < -0.3 is 14.6 Å². The average molecular weight is 431 g/mol. The van der Waals surface area contributed by atoms with Crippen LogP contribution in [0.4, 0.5) is 17.1 Å². The van der Waals surface area contributed by atoms with Crippen LogP contribution >= 0.6 is 0 Å². The summed E-state index contributed by atoms with van der Waals surface area (Å²) < 4.78 is 5.42. The molecule has 1 aromatic heterocycles. The summed E-state index contributed by atoms with van der Waals surface area (Å²) in [6, 6.07) is 13.3. The molecule has 32 heavy (non-hydrogen) atoms. The lowest BCUT2D eigenvalue weighted by Gasteiger charge is -2.21. The first kappa shape index (κ1) is 21.0. The van der Waals surface area contributed by atoms with Gasteiger partial charge in [0.05, 0.1) is 5.69 Å². The summed E-state index contributed by atoms with van der Waals surface area (Å²) in [5.41, 5.74) is 1.08. The zero-order valence-corrected chi connectivity index (χ0v) is 17.6. The number of carbonyl (C=O) groups is 3. The normalized spacial score (nSPS) is 13.1. The van der Waals surface area contributed by atoms with Crippen molar-refractivity contribution in [3.05, 3.63) is 76.7 Å². The predicted octanol–water partition coefficient (Wildman–Crippen LogP) is 3.32. The van der Waals surface area contributed by atoms with E-state index in [-0.39, 0.29) is 5.56 Å². The largest absolute Gasteiger partial charge is 0.422 e. The van der Waals surface area contributed by atoms with Crippen LogP contribution in [0, 0.1) is 0 Å². The number of carbonyl (C=O) groups excluding carboxylic acids is 3. The number of rotatable bonds is 6. The van der Waals surface area contributed by atoms with Crippen LogP contribution in [0.5, 0.6) is 0 Å². The van der Waals surface area contributed by atoms with Crippen LogP contribution in [0.1, 0.15) is 24.2 Å². The van der Waals surface area contributed by atoms with Crippen molar-refractivity contribution in [1.29, 1.82) is 0 Å². The lowest BCUT2D eigenvalue weighted by molar-refractivity contribution is -0.119. The minimum atomic E-state index is -0.753.